The van der Waals surface area contributed by atoms with Crippen molar-refractivity contribution in [1.29, 1.82) is 0 Å². The molecule has 0 saturated carbocycles. The number of rotatable bonds is 1. The Hall–Kier alpha value is -6.98. The van der Waals surface area contributed by atoms with Crippen molar-refractivity contribution in [2.45, 2.75) is 96.8 Å². The summed E-state index contributed by atoms with van der Waals surface area (Å²) in [5.41, 5.74) is 24.8. The number of fused-ring (bicyclic) bond motifs is 18. The smallest absolute Gasteiger partial charge is 0.333 e. The summed E-state index contributed by atoms with van der Waals surface area (Å²) in [6, 6.07) is 51.2. The molecule has 11 aromatic rings. The van der Waals surface area contributed by atoms with Crippen molar-refractivity contribution in [2.75, 3.05) is 4.81 Å². The maximum absolute atomic E-state index is 6.80. The molecule has 0 fully saturated rings. The summed E-state index contributed by atoms with van der Waals surface area (Å²) in [7, 11) is 0. The Morgan fingerprint density at radius 2 is 1.09 bits per heavy atom. The van der Waals surface area contributed by atoms with Crippen molar-refractivity contribution in [3.05, 3.63) is 161 Å². The second-order valence-corrected chi connectivity index (χ2v) is 23.5. The van der Waals surface area contributed by atoms with Gasteiger partial charge in [-0.3, -0.25) is 0 Å². The lowest BCUT2D eigenvalue weighted by molar-refractivity contribution is 0.331. The summed E-state index contributed by atoms with van der Waals surface area (Å²) in [5.74, 6) is 0. The number of furan rings is 2. The van der Waals surface area contributed by atoms with Gasteiger partial charge in [0.25, 0.3) is 0 Å². The molecule has 5 heteroatoms. The van der Waals surface area contributed by atoms with Crippen LogP contribution in [0.25, 0.3) is 93.6 Å². The molecule has 0 atom stereocenters. The molecule has 330 valence electrons. The van der Waals surface area contributed by atoms with E-state index in [1.54, 1.807) is 0 Å². The van der Waals surface area contributed by atoms with Gasteiger partial charge < -0.3 is 18.2 Å². The topological polar surface area (TPSA) is 34.5 Å². The first kappa shape index (κ1) is 39.1. The number of anilines is 2. The highest BCUT2D eigenvalue weighted by atomic mass is 16.3. The van der Waals surface area contributed by atoms with E-state index in [0.29, 0.717) is 0 Å². The molecule has 8 aromatic carbocycles. The van der Waals surface area contributed by atoms with E-state index in [-0.39, 0.29) is 28.5 Å². The quantitative estimate of drug-likeness (QED) is 0.154. The van der Waals surface area contributed by atoms with Crippen LogP contribution in [0.15, 0.2) is 142 Å². The third-order valence-corrected chi connectivity index (χ3v) is 17.4. The van der Waals surface area contributed by atoms with Crippen molar-refractivity contribution in [3.8, 4) is 27.9 Å². The molecule has 2 aliphatic heterocycles. The predicted octanol–water partition coefficient (Wildman–Crippen LogP) is 15.8. The van der Waals surface area contributed by atoms with E-state index in [0.717, 1.165) is 49.4 Å². The number of nitrogens with zero attached hydrogens (tertiary/aromatic N) is 2. The lowest BCUT2D eigenvalue weighted by Gasteiger charge is -2.42. The predicted molar refractivity (Wildman–Crippen MR) is 286 cm³/mol. The van der Waals surface area contributed by atoms with Crippen LogP contribution >= 0.6 is 0 Å². The first-order chi connectivity index (χ1) is 32.6. The second-order valence-electron chi connectivity index (χ2n) is 23.5. The highest BCUT2D eigenvalue weighted by molar-refractivity contribution is 6.94. The molecule has 4 nitrogen and oxygen atoms in total. The van der Waals surface area contributed by atoms with Gasteiger partial charge in [-0.1, -0.05) is 129 Å². The summed E-state index contributed by atoms with van der Waals surface area (Å²) >= 11 is 0. The summed E-state index contributed by atoms with van der Waals surface area (Å²) < 4.78 is 16.0. The molecule has 0 unspecified atom stereocenters. The lowest BCUT2D eigenvalue weighted by atomic mass is 9.44. The van der Waals surface area contributed by atoms with E-state index in [2.05, 4.69) is 205 Å². The van der Waals surface area contributed by atoms with Crippen LogP contribution in [0.2, 0.25) is 0 Å². The largest absolute Gasteiger partial charge is 0.456 e. The second kappa shape index (κ2) is 12.4. The van der Waals surface area contributed by atoms with Crippen molar-refractivity contribution >= 4 is 94.8 Å². The van der Waals surface area contributed by atoms with Gasteiger partial charge in [0.1, 0.15) is 22.3 Å². The van der Waals surface area contributed by atoms with Gasteiger partial charge in [0.05, 0.1) is 11.0 Å². The Morgan fingerprint density at radius 1 is 0.485 bits per heavy atom. The zero-order valence-corrected chi connectivity index (χ0v) is 40.4. The molecular formula is C63H53BN2O2. The number of aromatic nitrogens is 1. The minimum atomic E-state index is -0.186. The molecule has 4 aliphatic rings. The Bertz CT molecular complexity index is 4110. The van der Waals surface area contributed by atoms with Crippen LogP contribution in [-0.2, 0) is 21.7 Å². The molecule has 5 heterocycles. The highest BCUT2D eigenvalue weighted by Gasteiger charge is 2.48. The Balaban J connectivity index is 1.08. The highest BCUT2D eigenvalue weighted by Crippen LogP contribution is 2.58. The van der Waals surface area contributed by atoms with E-state index < -0.39 is 0 Å². The van der Waals surface area contributed by atoms with Gasteiger partial charge in [-0.2, -0.15) is 0 Å². The van der Waals surface area contributed by atoms with Crippen molar-refractivity contribution < 1.29 is 8.83 Å². The maximum Gasteiger partial charge on any atom is 0.333 e. The number of para-hydroxylation sites is 2. The Labute approximate surface area is 397 Å². The van der Waals surface area contributed by atoms with Crippen LogP contribution in [0.1, 0.15) is 103 Å². The average Bonchev–Trinajstić information content (AvgIpc) is 4.03. The summed E-state index contributed by atoms with van der Waals surface area (Å²) in [5, 5.41) is 7.04. The minimum absolute atomic E-state index is 0.0183. The molecule has 0 bridgehead atoms. The first-order valence-electron chi connectivity index (χ1n) is 24.7. The zero-order valence-electron chi connectivity index (χ0n) is 40.4. The molecule has 0 N–H and O–H groups in total. The van der Waals surface area contributed by atoms with E-state index in [1.165, 1.54) is 107 Å². The maximum atomic E-state index is 6.80. The summed E-state index contributed by atoms with van der Waals surface area (Å²) in [6.45, 7) is 21.5. The summed E-state index contributed by atoms with van der Waals surface area (Å²) in [6.07, 6.45) is 2.39. The van der Waals surface area contributed by atoms with Crippen LogP contribution in [-0.4, -0.2) is 11.4 Å². The van der Waals surface area contributed by atoms with E-state index in [1.807, 2.05) is 0 Å². The Kier molecular flexibility index (Phi) is 7.11. The zero-order chi connectivity index (χ0) is 46.1. The molecule has 0 spiro atoms. The number of hydrogen-bond acceptors (Lipinski definition) is 3. The van der Waals surface area contributed by atoms with Gasteiger partial charge in [-0.25, -0.2) is 0 Å². The lowest BCUT2D eigenvalue weighted by Crippen LogP contribution is -2.60. The molecule has 15 rings (SSSR count). The normalized spacial score (nSPS) is 17.1. The molecule has 0 saturated heterocycles. The van der Waals surface area contributed by atoms with Crippen LogP contribution in [0.3, 0.4) is 0 Å². The average molecular weight is 881 g/mol. The van der Waals surface area contributed by atoms with E-state index >= 15 is 0 Å². The first-order valence-corrected chi connectivity index (χ1v) is 24.7. The number of hydrogen-bond donors (Lipinski definition) is 0. The Morgan fingerprint density at radius 3 is 1.78 bits per heavy atom. The van der Waals surface area contributed by atoms with Gasteiger partial charge in [0.2, 0.25) is 0 Å². The fourth-order valence-electron chi connectivity index (χ4n) is 13.5. The van der Waals surface area contributed by atoms with Crippen LogP contribution < -0.4 is 15.7 Å². The molecule has 0 amide bonds. The fraction of sp³-hybridized carbons (Fsp3) is 0.238. The fourth-order valence-corrected chi connectivity index (χ4v) is 13.5. The van der Waals surface area contributed by atoms with Crippen LogP contribution in [0.4, 0.5) is 11.4 Å². The van der Waals surface area contributed by atoms with Gasteiger partial charge in [0, 0.05) is 66.4 Å². The third kappa shape index (κ3) is 4.82. The molecule has 68 heavy (non-hydrogen) atoms. The summed E-state index contributed by atoms with van der Waals surface area (Å²) in [4.78, 5) is 2.69. The van der Waals surface area contributed by atoms with Gasteiger partial charge >= 0.3 is 6.85 Å². The van der Waals surface area contributed by atoms with E-state index in [9.17, 15) is 0 Å². The van der Waals surface area contributed by atoms with Crippen molar-refractivity contribution in [2.24, 2.45) is 0 Å². The van der Waals surface area contributed by atoms with Gasteiger partial charge in [-0.15, -0.1) is 0 Å². The molecular weight excluding hydrogens is 828 g/mol. The van der Waals surface area contributed by atoms with Crippen molar-refractivity contribution in [1.82, 2.24) is 4.57 Å². The molecule has 2 aliphatic carbocycles. The van der Waals surface area contributed by atoms with Crippen LogP contribution in [0.5, 0.6) is 0 Å². The van der Waals surface area contributed by atoms with Crippen LogP contribution in [0, 0.1) is 0 Å². The molecule has 3 aromatic heterocycles. The minimum Gasteiger partial charge on any atom is -0.456 e. The monoisotopic (exact) mass is 880 g/mol. The van der Waals surface area contributed by atoms with Crippen molar-refractivity contribution in [3.63, 3.8) is 0 Å². The SMILES string of the molecule is CC(C)(C)c1ccc(N2B3c4cc5oc6ccccc6c5cc4-n4c5cc6oc7ccccc7c6cc5c5ccc(c3c54)-c3cc4c(cc32)-c2cc3c(cc2C4(C)C)C(C)(C)CCC3(C)C)cc1. The third-order valence-electron chi connectivity index (χ3n) is 17.4. The van der Waals surface area contributed by atoms with E-state index in [4.69, 9.17) is 8.83 Å². The van der Waals surface area contributed by atoms with Gasteiger partial charge in [0.15, 0.2) is 0 Å². The number of benzene rings is 8. The molecule has 0 radical (unpaired) electrons. The standard InChI is InChI=1S/C63H53BN2O2/c1-60(2,3)34-18-20-35(21-19-34)66-52-29-41-40-27-48-49(62(6,7)25-24-61(48,4)5)31-47(40)63(8,9)46(41)28-43(52)38-22-23-39-42-26-44-36-14-10-12-16-54(36)68-57(44)33-51(42)65-53-30-45-37-15-11-13-17-55(37)67-56(45)32-50(53)64(66)58(38)59(39)65/h10-23,26-33H,24-25H2,1-9H3. The van der Waals surface area contributed by atoms with Gasteiger partial charge in [-0.05, 0) is 145 Å².